The minimum atomic E-state index is -3.29. The number of hydrogen-bond acceptors (Lipinski definition) is 3. The molecule has 0 bridgehead atoms. The third-order valence-corrected chi connectivity index (χ3v) is 6.06. The Labute approximate surface area is 147 Å². The van der Waals surface area contributed by atoms with E-state index in [-0.39, 0.29) is 6.61 Å². The highest BCUT2D eigenvalue weighted by atomic mass is 35.5. The number of methoxy groups -OCH3 is 1. The fourth-order valence-electron chi connectivity index (χ4n) is 1.70. The molecule has 0 saturated heterocycles. The summed E-state index contributed by atoms with van der Waals surface area (Å²) in [5.41, 5.74) is 0. The van der Waals surface area contributed by atoms with Crippen LogP contribution in [0.15, 0.2) is 0 Å². The highest BCUT2D eigenvalue weighted by Gasteiger charge is 2.37. The summed E-state index contributed by atoms with van der Waals surface area (Å²) in [6, 6.07) is 0. The Morgan fingerprint density at radius 2 is 1.19 bits per heavy atom. The number of ether oxygens (including phenoxy) is 1. The van der Waals surface area contributed by atoms with E-state index in [4.69, 9.17) is 55.7 Å². The third kappa shape index (κ3) is 8.05. The van der Waals surface area contributed by atoms with Crippen molar-refractivity contribution in [3.8, 4) is 0 Å². The van der Waals surface area contributed by atoms with Gasteiger partial charge in [0.05, 0.1) is 13.2 Å². The molecule has 21 heavy (non-hydrogen) atoms. The maximum Gasteiger partial charge on any atom is 0.346 e. The van der Waals surface area contributed by atoms with Gasteiger partial charge in [-0.05, 0) is 0 Å². The van der Waals surface area contributed by atoms with Crippen LogP contribution in [-0.4, -0.2) is 79.4 Å². The van der Waals surface area contributed by atoms with Crippen LogP contribution in [0.3, 0.4) is 0 Å². The summed E-state index contributed by atoms with van der Waals surface area (Å²) in [6.07, 6.45) is 0. The first-order chi connectivity index (χ1) is 10.1. The van der Waals surface area contributed by atoms with E-state index >= 15 is 0 Å². The fraction of sp³-hybridized carbons (Fsp3) is 1.00. The molecule has 0 aliphatic rings. The molecule has 0 atom stereocenters. The zero-order chi connectivity index (χ0) is 16.1. The molecule has 0 aliphatic carbocycles. The van der Waals surface area contributed by atoms with Gasteiger partial charge in [-0.3, -0.25) is 4.57 Å². The van der Waals surface area contributed by atoms with E-state index in [9.17, 15) is 4.57 Å². The standard InChI is InChI=1S/C11H23Cl4N2O3P/c1-19-10-11-20-21(18,16(6-2-12)7-3-13)17(8-4-14)9-5-15/h2-11H2,1H3. The van der Waals surface area contributed by atoms with Gasteiger partial charge in [0.1, 0.15) is 0 Å². The van der Waals surface area contributed by atoms with Crippen molar-refractivity contribution in [2.75, 3.05) is 70.0 Å². The third-order valence-electron chi connectivity index (χ3n) is 2.63. The number of halogens is 4. The maximum atomic E-state index is 13.4. The lowest BCUT2D eigenvalue weighted by molar-refractivity contribution is 0.128. The second-order valence-electron chi connectivity index (χ2n) is 3.98. The molecule has 128 valence electrons. The van der Waals surface area contributed by atoms with Gasteiger partial charge in [-0.2, -0.15) is 0 Å². The van der Waals surface area contributed by atoms with Crippen LogP contribution in [0.1, 0.15) is 0 Å². The van der Waals surface area contributed by atoms with Crippen molar-refractivity contribution in [3.05, 3.63) is 0 Å². The lowest BCUT2D eigenvalue weighted by Gasteiger charge is -2.37. The van der Waals surface area contributed by atoms with Crippen molar-refractivity contribution in [2.45, 2.75) is 0 Å². The summed E-state index contributed by atoms with van der Waals surface area (Å²) in [6.45, 7) is 2.16. The first-order valence-corrected chi connectivity index (χ1v) is 10.3. The summed E-state index contributed by atoms with van der Waals surface area (Å²) in [7, 11) is -1.73. The number of hydrogen-bond donors (Lipinski definition) is 0. The molecule has 0 radical (unpaired) electrons. The molecule has 0 fully saturated rings. The summed E-state index contributed by atoms with van der Waals surface area (Å²) in [5, 5.41) is 0. The van der Waals surface area contributed by atoms with Crippen molar-refractivity contribution in [3.63, 3.8) is 0 Å². The Bertz CT molecular complexity index is 271. The van der Waals surface area contributed by atoms with Gasteiger partial charge in [-0.25, -0.2) is 9.34 Å². The van der Waals surface area contributed by atoms with Gasteiger partial charge in [-0.1, -0.05) is 0 Å². The first kappa shape index (κ1) is 22.2. The molecule has 0 saturated carbocycles. The monoisotopic (exact) mass is 402 g/mol. The SMILES string of the molecule is COCCOP(=O)(N(CCCl)CCCl)N(CCCl)CCCl. The Balaban J connectivity index is 5.20. The van der Waals surface area contributed by atoms with E-state index in [1.54, 1.807) is 16.5 Å². The van der Waals surface area contributed by atoms with E-state index in [0.29, 0.717) is 56.3 Å². The largest absolute Gasteiger partial charge is 0.382 e. The molecule has 0 rings (SSSR count). The van der Waals surface area contributed by atoms with Crippen LogP contribution < -0.4 is 0 Å². The summed E-state index contributed by atoms with van der Waals surface area (Å²) in [5.74, 6) is 1.29. The molecule has 0 unspecified atom stereocenters. The highest BCUT2D eigenvalue weighted by molar-refractivity contribution is 7.54. The Hall–Kier alpha value is 1.23. The van der Waals surface area contributed by atoms with E-state index < -0.39 is 7.67 Å². The first-order valence-electron chi connectivity index (χ1n) is 6.58. The number of rotatable bonds is 14. The number of nitrogens with zero attached hydrogens (tertiary/aromatic N) is 2. The second kappa shape index (κ2) is 13.6. The minimum Gasteiger partial charge on any atom is -0.382 e. The summed E-state index contributed by atoms with van der Waals surface area (Å²) >= 11 is 23.2. The smallest absolute Gasteiger partial charge is 0.346 e. The molecule has 0 aromatic heterocycles. The van der Waals surface area contributed by atoms with E-state index in [0.717, 1.165) is 0 Å². The lowest BCUT2D eigenvalue weighted by Crippen LogP contribution is -2.37. The van der Waals surface area contributed by atoms with Crippen molar-refractivity contribution >= 4 is 54.1 Å². The van der Waals surface area contributed by atoms with Gasteiger partial charge in [0.15, 0.2) is 0 Å². The molecular weight excluding hydrogens is 381 g/mol. The van der Waals surface area contributed by atoms with Crippen molar-refractivity contribution < 1.29 is 13.8 Å². The molecule has 0 aliphatic heterocycles. The summed E-state index contributed by atoms with van der Waals surface area (Å²) in [4.78, 5) is 0. The van der Waals surface area contributed by atoms with Crippen LogP contribution in [0, 0.1) is 0 Å². The molecule has 5 nitrogen and oxygen atoms in total. The van der Waals surface area contributed by atoms with Gasteiger partial charge in [-0.15, -0.1) is 46.4 Å². The molecule has 0 N–H and O–H groups in total. The average Bonchev–Trinajstić information content (AvgIpc) is 2.47. The zero-order valence-electron chi connectivity index (χ0n) is 12.1. The molecular formula is C11H23Cl4N2O3P. The van der Waals surface area contributed by atoms with Crippen LogP contribution in [0.4, 0.5) is 0 Å². The molecule has 0 aromatic rings. The van der Waals surface area contributed by atoms with Gasteiger partial charge in [0.25, 0.3) is 0 Å². The van der Waals surface area contributed by atoms with Gasteiger partial charge >= 0.3 is 7.67 Å². The Morgan fingerprint density at radius 1 is 0.810 bits per heavy atom. The van der Waals surface area contributed by atoms with E-state index in [2.05, 4.69) is 0 Å². The predicted octanol–water partition coefficient (Wildman–Crippen LogP) is 3.32. The molecule has 0 spiro atoms. The van der Waals surface area contributed by atoms with Crippen molar-refractivity contribution in [2.24, 2.45) is 0 Å². The van der Waals surface area contributed by atoms with Crippen LogP contribution in [0.2, 0.25) is 0 Å². The minimum absolute atomic E-state index is 0.204. The van der Waals surface area contributed by atoms with Crippen molar-refractivity contribution in [1.29, 1.82) is 0 Å². The molecule has 0 aromatic carbocycles. The molecule has 10 heteroatoms. The van der Waals surface area contributed by atoms with Gasteiger partial charge in [0, 0.05) is 56.8 Å². The van der Waals surface area contributed by atoms with E-state index in [1.807, 2.05) is 0 Å². The lowest BCUT2D eigenvalue weighted by atomic mass is 10.6. The topological polar surface area (TPSA) is 42.0 Å². The molecule has 0 heterocycles. The second-order valence-corrected chi connectivity index (χ2v) is 7.86. The Morgan fingerprint density at radius 3 is 1.48 bits per heavy atom. The quantitative estimate of drug-likeness (QED) is 0.253. The number of alkyl halides is 4. The normalized spacial score (nSPS) is 12.5. The van der Waals surface area contributed by atoms with Crippen LogP contribution in [0.25, 0.3) is 0 Å². The fourth-order valence-corrected chi connectivity index (χ4v) is 5.40. The zero-order valence-corrected chi connectivity index (χ0v) is 16.1. The van der Waals surface area contributed by atoms with Crippen LogP contribution in [-0.2, 0) is 13.8 Å². The Kier molecular flexibility index (Phi) is 14.4. The molecule has 0 amide bonds. The predicted molar refractivity (Wildman–Crippen MR) is 91.5 cm³/mol. The summed E-state index contributed by atoms with van der Waals surface area (Å²) < 4.78 is 27.3. The van der Waals surface area contributed by atoms with Gasteiger partial charge in [0.2, 0.25) is 0 Å². The van der Waals surface area contributed by atoms with Gasteiger partial charge < -0.3 is 9.26 Å². The van der Waals surface area contributed by atoms with Crippen LogP contribution >= 0.6 is 54.1 Å². The van der Waals surface area contributed by atoms with E-state index in [1.165, 1.54) is 0 Å². The van der Waals surface area contributed by atoms with Crippen LogP contribution in [0.5, 0.6) is 0 Å². The highest BCUT2D eigenvalue weighted by Crippen LogP contribution is 2.54. The average molecular weight is 404 g/mol. The maximum absolute atomic E-state index is 13.4. The van der Waals surface area contributed by atoms with Crippen molar-refractivity contribution in [1.82, 2.24) is 9.34 Å².